The van der Waals surface area contributed by atoms with Gasteiger partial charge in [-0.3, -0.25) is 19.3 Å². The first-order valence-electron chi connectivity index (χ1n) is 10.0. The molecule has 168 valence electrons. The van der Waals surface area contributed by atoms with Crippen molar-refractivity contribution in [3.63, 3.8) is 0 Å². The summed E-state index contributed by atoms with van der Waals surface area (Å²) in [6.45, 7) is 1.76. The highest BCUT2D eigenvalue weighted by molar-refractivity contribution is 7.07. The summed E-state index contributed by atoms with van der Waals surface area (Å²) in [4.78, 5) is 47.3. The molecule has 0 unspecified atom stereocenters. The number of fused-ring (bicyclic) bond motifs is 1. The van der Waals surface area contributed by atoms with Crippen molar-refractivity contribution in [1.29, 1.82) is 0 Å². The fourth-order valence-corrected chi connectivity index (χ4v) is 4.83. The second kappa shape index (κ2) is 9.21. The summed E-state index contributed by atoms with van der Waals surface area (Å²) in [6.07, 6.45) is 7.97. The molecule has 9 nitrogen and oxygen atoms in total. The maximum atomic E-state index is 13.3. The number of methoxy groups -OCH3 is 1. The molecule has 4 heterocycles. The maximum Gasteiger partial charge on any atom is 0.338 e. The number of nitrogens with zero attached hydrogens (tertiary/aromatic N) is 3. The molecule has 4 rings (SSSR count). The summed E-state index contributed by atoms with van der Waals surface area (Å²) in [5.41, 5.74) is 7.40. The van der Waals surface area contributed by atoms with E-state index in [1.165, 1.54) is 11.7 Å². The van der Waals surface area contributed by atoms with Crippen LogP contribution >= 0.6 is 11.3 Å². The largest absolute Gasteiger partial charge is 0.466 e. The lowest BCUT2D eigenvalue weighted by molar-refractivity contribution is -0.138. The first-order chi connectivity index (χ1) is 16.0. The lowest BCUT2D eigenvalue weighted by Crippen LogP contribution is -2.41. The third kappa shape index (κ3) is 3.96. The van der Waals surface area contributed by atoms with Gasteiger partial charge in [0.25, 0.3) is 5.56 Å². The third-order valence-corrected chi connectivity index (χ3v) is 6.20. The van der Waals surface area contributed by atoms with Crippen LogP contribution in [0, 0.1) is 0 Å². The van der Waals surface area contributed by atoms with Gasteiger partial charge in [-0.2, -0.15) is 0 Å². The molecule has 10 heteroatoms. The van der Waals surface area contributed by atoms with Crippen molar-refractivity contribution >= 4 is 40.7 Å². The Hall–Kier alpha value is -4.05. The molecule has 3 aromatic heterocycles. The van der Waals surface area contributed by atoms with E-state index in [-0.39, 0.29) is 23.6 Å². The van der Waals surface area contributed by atoms with Crippen LogP contribution in [-0.2, 0) is 19.1 Å². The molecule has 0 bridgehead atoms. The first kappa shape index (κ1) is 22.2. The van der Waals surface area contributed by atoms with Gasteiger partial charge in [0.05, 0.1) is 35.3 Å². The third-order valence-electron chi connectivity index (χ3n) is 5.09. The Morgan fingerprint density at radius 2 is 1.73 bits per heavy atom. The number of pyridine rings is 2. The highest BCUT2D eigenvalue weighted by atomic mass is 32.1. The standard InChI is InChI=1S/C23H20N4O5S/c1-3-32-23(30)17-16(14-6-10-26-11-7-14)18(22(29)31-2)21-27(19(17)24)20(28)15(33-21)12-13-4-8-25-9-5-13/h4-12,16H,3,24H2,1-2H3/t16-/m1/s1. The van der Waals surface area contributed by atoms with Gasteiger partial charge in [-0.05, 0) is 48.4 Å². The van der Waals surface area contributed by atoms with Gasteiger partial charge in [-0.1, -0.05) is 0 Å². The smallest absolute Gasteiger partial charge is 0.338 e. The van der Waals surface area contributed by atoms with E-state index < -0.39 is 23.4 Å². The molecular formula is C23H20N4O5S. The van der Waals surface area contributed by atoms with Crippen LogP contribution in [0.2, 0.25) is 0 Å². The Morgan fingerprint density at radius 3 is 2.33 bits per heavy atom. The highest BCUT2D eigenvalue weighted by Crippen LogP contribution is 2.37. The van der Waals surface area contributed by atoms with Crippen LogP contribution in [0.5, 0.6) is 0 Å². The summed E-state index contributed by atoms with van der Waals surface area (Å²) in [5.74, 6) is -2.39. The molecule has 0 spiro atoms. The van der Waals surface area contributed by atoms with Crippen molar-refractivity contribution in [2.45, 2.75) is 12.8 Å². The number of ether oxygens (including phenoxy) is 2. The Labute approximate surface area is 192 Å². The Morgan fingerprint density at radius 1 is 1.09 bits per heavy atom. The van der Waals surface area contributed by atoms with E-state index in [0.717, 1.165) is 16.9 Å². The molecule has 3 aromatic rings. The molecule has 33 heavy (non-hydrogen) atoms. The second-order valence-electron chi connectivity index (χ2n) is 6.98. The number of carbonyl (C=O) groups excluding carboxylic acids is 2. The minimum Gasteiger partial charge on any atom is -0.466 e. The van der Waals surface area contributed by atoms with Crippen LogP contribution in [0.25, 0.3) is 17.5 Å². The fourth-order valence-electron chi connectivity index (χ4n) is 3.66. The number of hydrogen-bond donors (Lipinski definition) is 1. The summed E-state index contributed by atoms with van der Waals surface area (Å²) in [6, 6.07) is 6.84. The molecule has 1 aliphatic rings. The summed E-state index contributed by atoms with van der Waals surface area (Å²) >= 11 is 1.09. The van der Waals surface area contributed by atoms with Crippen LogP contribution < -0.4 is 20.5 Å². The number of carbonyl (C=O) groups is 2. The highest BCUT2D eigenvalue weighted by Gasteiger charge is 2.39. The maximum absolute atomic E-state index is 13.3. The van der Waals surface area contributed by atoms with E-state index in [1.807, 2.05) is 0 Å². The minimum atomic E-state index is -0.897. The van der Waals surface area contributed by atoms with Crippen molar-refractivity contribution in [1.82, 2.24) is 14.5 Å². The monoisotopic (exact) mass is 464 g/mol. The normalized spacial score (nSPS) is 15.9. The van der Waals surface area contributed by atoms with Crippen LogP contribution in [0.4, 0.5) is 0 Å². The number of aromatic nitrogens is 3. The average Bonchev–Trinajstić information content (AvgIpc) is 3.15. The minimum absolute atomic E-state index is 0.00805. The molecule has 0 saturated heterocycles. The number of hydrogen-bond acceptors (Lipinski definition) is 9. The summed E-state index contributed by atoms with van der Waals surface area (Å²) in [7, 11) is 1.24. The molecular weight excluding hydrogens is 444 g/mol. The molecule has 0 aromatic carbocycles. The molecule has 1 atom stereocenters. The van der Waals surface area contributed by atoms with Gasteiger partial charge in [-0.15, -0.1) is 11.3 Å². The Balaban J connectivity index is 2.12. The molecule has 0 radical (unpaired) electrons. The van der Waals surface area contributed by atoms with Crippen molar-refractivity contribution in [3.05, 3.63) is 85.3 Å². The van der Waals surface area contributed by atoms with Crippen molar-refractivity contribution in [3.8, 4) is 0 Å². The van der Waals surface area contributed by atoms with Gasteiger partial charge in [0.1, 0.15) is 10.5 Å². The number of thiazole rings is 1. The zero-order valence-corrected chi connectivity index (χ0v) is 18.7. The quantitative estimate of drug-likeness (QED) is 0.536. The van der Waals surface area contributed by atoms with E-state index in [4.69, 9.17) is 15.2 Å². The number of esters is 2. The molecule has 2 N–H and O–H groups in total. The predicted octanol–water partition coefficient (Wildman–Crippen LogP) is 0.340. The van der Waals surface area contributed by atoms with Gasteiger partial charge in [0.2, 0.25) is 0 Å². The molecule has 0 amide bonds. The average molecular weight is 465 g/mol. The zero-order chi connectivity index (χ0) is 23.5. The van der Waals surface area contributed by atoms with Crippen LogP contribution in [0.15, 0.2) is 59.4 Å². The molecule has 0 aliphatic carbocycles. The van der Waals surface area contributed by atoms with Crippen LogP contribution in [0.1, 0.15) is 24.0 Å². The van der Waals surface area contributed by atoms with Crippen molar-refractivity contribution < 1.29 is 19.1 Å². The van der Waals surface area contributed by atoms with E-state index >= 15 is 0 Å². The van der Waals surface area contributed by atoms with Gasteiger partial charge in [0.15, 0.2) is 0 Å². The predicted molar refractivity (Wildman–Crippen MR) is 122 cm³/mol. The molecule has 0 fully saturated rings. The van der Waals surface area contributed by atoms with Gasteiger partial charge < -0.3 is 15.2 Å². The lowest BCUT2D eigenvalue weighted by Gasteiger charge is -2.26. The van der Waals surface area contributed by atoms with Crippen molar-refractivity contribution in [2.75, 3.05) is 13.7 Å². The SMILES string of the molecule is CCOC(=O)C1=C(N)n2c(sc(=Cc3ccncc3)c2=O)=C(C(=O)OC)[C@@H]1c1ccncc1. The molecule has 1 aliphatic heterocycles. The number of rotatable bonds is 5. The fraction of sp³-hybridized carbons (Fsp3) is 0.174. The molecule has 0 saturated carbocycles. The van der Waals surface area contributed by atoms with E-state index in [0.29, 0.717) is 14.8 Å². The van der Waals surface area contributed by atoms with E-state index in [1.54, 1.807) is 62.1 Å². The Kier molecular flexibility index (Phi) is 6.18. The van der Waals surface area contributed by atoms with Crippen LogP contribution in [0.3, 0.4) is 0 Å². The first-order valence-corrected chi connectivity index (χ1v) is 10.8. The summed E-state index contributed by atoms with van der Waals surface area (Å²) < 4.78 is 12.1. The number of nitrogens with two attached hydrogens (primary N) is 1. The lowest BCUT2D eigenvalue weighted by atomic mass is 9.83. The van der Waals surface area contributed by atoms with Gasteiger partial charge in [-0.25, -0.2) is 9.59 Å². The van der Waals surface area contributed by atoms with E-state index in [2.05, 4.69) is 9.97 Å². The van der Waals surface area contributed by atoms with Crippen molar-refractivity contribution in [2.24, 2.45) is 5.73 Å². The topological polar surface area (TPSA) is 126 Å². The van der Waals surface area contributed by atoms with Gasteiger partial charge >= 0.3 is 11.9 Å². The van der Waals surface area contributed by atoms with Gasteiger partial charge in [0, 0.05) is 24.8 Å². The van der Waals surface area contributed by atoms with Crippen LogP contribution in [-0.4, -0.2) is 40.2 Å². The van der Waals surface area contributed by atoms with E-state index in [9.17, 15) is 14.4 Å². The second-order valence-corrected chi connectivity index (χ2v) is 8.01. The summed E-state index contributed by atoms with van der Waals surface area (Å²) in [5, 5.41) is 0. The Bertz CT molecular complexity index is 1420. The zero-order valence-electron chi connectivity index (χ0n) is 17.8.